The highest BCUT2D eigenvalue weighted by Gasteiger charge is 2.06. The first-order chi connectivity index (χ1) is 12.9. The van der Waals surface area contributed by atoms with E-state index in [0.29, 0.717) is 59.0 Å². The Bertz CT molecular complexity index is 372. The Morgan fingerprint density at radius 2 is 1.33 bits per heavy atom. The van der Waals surface area contributed by atoms with E-state index in [9.17, 15) is 9.59 Å². The molecule has 0 unspecified atom stereocenters. The largest absolute Gasteiger partial charge is 0.379 e. The third kappa shape index (κ3) is 19.6. The van der Waals surface area contributed by atoms with E-state index < -0.39 is 0 Å². The van der Waals surface area contributed by atoms with E-state index in [0.717, 1.165) is 18.8 Å². The van der Waals surface area contributed by atoms with Crippen molar-refractivity contribution in [1.82, 2.24) is 5.32 Å². The molecular formula is C21H41NO5. The predicted molar refractivity (Wildman–Crippen MR) is 108 cm³/mol. The second-order valence-electron chi connectivity index (χ2n) is 7.55. The highest BCUT2D eigenvalue weighted by molar-refractivity contribution is 5.80. The molecule has 0 radical (unpaired) electrons. The lowest BCUT2D eigenvalue weighted by Crippen LogP contribution is -2.27. The Labute approximate surface area is 165 Å². The molecule has 0 aromatic heterocycles. The molecule has 27 heavy (non-hydrogen) atoms. The van der Waals surface area contributed by atoms with E-state index in [4.69, 9.17) is 14.2 Å². The number of ketones is 1. The van der Waals surface area contributed by atoms with Crippen LogP contribution in [0.5, 0.6) is 0 Å². The molecule has 160 valence electrons. The van der Waals surface area contributed by atoms with Crippen LogP contribution in [0.1, 0.15) is 66.2 Å². The third-order valence-corrected chi connectivity index (χ3v) is 4.13. The molecule has 0 aliphatic carbocycles. The third-order valence-electron chi connectivity index (χ3n) is 4.13. The Hall–Kier alpha value is -0.980. The van der Waals surface area contributed by atoms with E-state index in [1.807, 2.05) is 13.8 Å². The molecule has 0 fully saturated rings. The first-order valence-corrected chi connectivity index (χ1v) is 10.5. The summed E-state index contributed by atoms with van der Waals surface area (Å²) in [5.41, 5.74) is 0. The lowest BCUT2D eigenvalue weighted by Gasteiger charge is -2.08. The van der Waals surface area contributed by atoms with Gasteiger partial charge >= 0.3 is 0 Å². The molecule has 6 nitrogen and oxygen atoms in total. The molecule has 1 N–H and O–H groups in total. The van der Waals surface area contributed by atoms with Gasteiger partial charge < -0.3 is 19.5 Å². The smallest absolute Gasteiger partial charge is 0.220 e. The first kappa shape index (κ1) is 26.0. The van der Waals surface area contributed by atoms with Gasteiger partial charge in [-0.2, -0.15) is 0 Å². The topological polar surface area (TPSA) is 73.9 Å². The fourth-order valence-electron chi connectivity index (χ4n) is 2.37. The van der Waals surface area contributed by atoms with Gasteiger partial charge in [-0.05, 0) is 12.3 Å². The zero-order valence-electron chi connectivity index (χ0n) is 17.9. The minimum Gasteiger partial charge on any atom is -0.379 e. The van der Waals surface area contributed by atoms with Crippen molar-refractivity contribution in [2.24, 2.45) is 11.8 Å². The SMILES string of the molecule is CC(C)CCCCCC(=O)NCCOCCOCCOCCC(=O)C(C)C. The summed E-state index contributed by atoms with van der Waals surface area (Å²) < 4.78 is 16.2. The van der Waals surface area contributed by atoms with E-state index in [-0.39, 0.29) is 17.6 Å². The lowest BCUT2D eigenvalue weighted by atomic mass is 10.0. The van der Waals surface area contributed by atoms with Crippen LogP contribution in [0.3, 0.4) is 0 Å². The number of carbonyl (C=O) groups is 2. The van der Waals surface area contributed by atoms with Crippen LogP contribution in [0, 0.1) is 11.8 Å². The molecule has 0 atom stereocenters. The molecule has 0 heterocycles. The van der Waals surface area contributed by atoms with Crippen molar-refractivity contribution in [1.29, 1.82) is 0 Å². The monoisotopic (exact) mass is 387 g/mol. The summed E-state index contributed by atoms with van der Waals surface area (Å²) in [6, 6.07) is 0. The van der Waals surface area contributed by atoms with E-state index in [1.54, 1.807) is 0 Å². The molecule has 6 heteroatoms. The molecule has 0 aromatic rings. The molecule has 0 saturated heterocycles. The average Bonchev–Trinajstić information content (AvgIpc) is 2.61. The number of Topliss-reactive ketones (excluding diaryl/α,β-unsaturated/α-hetero) is 1. The maximum absolute atomic E-state index is 11.7. The van der Waals surface area contributed by atoms with E-state index >= 15 is 0 Å². The van der Waals surface area contributed by atoms with Crippen LogP contribution in [0.25, 0.3) is 0 Å². The van der Waals surface area contributed by atoms with Gasteiger partial charge in [0.05, 0.1) is 39.6 Å². The average molecular weight is 388 g/mol. The fourth-order valence-corrected chi connectivity index (χ4v) is 2.37. The number of hydrogen-bond acceptors (Lipinski definition) is 5. The zero-order valence-corrected chi connectivity index (χ0v) is 17.9. The predicted octanol–water partition coefficient (Wildman–Crippen LogP) is 3.37. The normalized spacial score (nSPS) is 11.3. The fraction of sp³-hybridized carbons (Fsp3) is 0.905. The van der Waals surface area contributed by atoms with Gasteiger partial charge in [0.25, 0.3) is 0 Å². The molecule has 0 rings (SSSR count). The van der Waals surface area contributed by atoms with Crippen molar-refractivity contribution >= 4 is 11.7 Å². The number of hydrogen-bond donors (Lipinski definition) is 1. The van der Waals surface area contributed by atoms with Crippen LogP contribution in [0.2, 0.25) is 0 Å². The highest BCUT2D eigenvalue weighted by Crippen LogP contribution is 2.09. The lowest BCUT2D eigenvalue weighted by molar-refractivity contribution is -0.123. The van der Waals surface area contributed by atoms with Crippen molar-refractivity contribution in [2.45, 2.75) is 66.2 Å². The van der Waals surface area contributed by atoms with Crippen molar-refractivity contribution in [2.75, 3.05) is 46.2 Å². The van der Waals surface area contributed by atoms with Crippen molar-refractivity contribution in [3.05, 3.63) is 0 Å². The van der Waals surface area contributed by atoms with Crippen LogP contribution in [0.15, 0.2) is 0 Å². The number of amides is 1. The molecule has 0 spiro atoms. The van der Waals surface area contributed by atoms with Crippen LogP contribution >= 0.6 is 0 Å². The summed E-state index contributed by atoms with van der Waals surface area (Å²) in [6.07, 6.45) is 5.59. The van der Waals surface area contributed by atoms with Gasteiger partial charge in [0.2, 0.25) is 5.91 Å². The number of carbonyl (C=O) groups excluding carboxylic acids is 2. The van der Waals surface area contributed by atoms with Crippen LogP contribution in [-0.2, 0) is 23.8 Å². The minimum atomic E-state index is 0.0708. The van der Waals surface area contributed by atoms with Crippen LogP contribution < -0.4 is 5.32 Å². The molecule has 0 aromatic carbocycles. The van der Waals surface area contributed by atoms with Gasteiger partial charge in [-0.3, -0.25) is 9.59 Å². The van der Waals surface area contributed by atoms with Gasteiger partial charge in [0.15, 0.2) is 0 Å². The Morgan fingerprint density at radius 3 is 1.93 bits per heavy atom. The summed E-state index contributed by atoms with van der Waals surface area (Å²) >= 11 is 0. The van der Waals surface area contributed by atoms with Gasteiger partial charge in [-0.1, -0.05) is 47.0 Å². The van der Waals surface area contributed by atoms with Crippen LogP contribution in [-0.4, -0.2) is 57.9 Å². The quantitative estimate of drug-likeness (QED) is 0.344. The Balaban J connectivity index is 3.22. The second kappa shape index (κ2) is 18.4. The van der Waals surface area contributed by atoms with Gasteiger partial charge in [-0.15, -0.1) is 0 Å². The number of ether oxygens (including phenoxy) is 3. The standard InChI is InChI=1S/C21H41NO5/c1-18(2)8-6-5-7-9-21(24)22-11-13-26-15-17-27-16-14-25-12-10-20(23)19(3)4/h18-19H,5-17H2,1-4H3,(H,22,24). The molecular weight excluding hydrogens is 346 g/mol. The first-order valence-electron chi connectivity index (χ1n) is 10.5. The minimum absolute atomic E-state index is 0.0708. The molecule has 0 saturated carbocycles. The van der Waals surface area contributed by atoms with E-state index in [1.165, 1.54) is 12.8 Å². The Morgan fingerprint density at radius 1 is 0.741 bits per heavy atom. The van der Waals surface area contributed by atoms with Crippen molar-refractivity contribution < 1.29 is 23.8 Å². The number of unbranched alkanes of at least 4 members (excludes halogenated alkanes) is 2. The molecule has 0 bridgehead atoms. The molecule has 0 aliphatic rings. The van der Waals surface area contributed by atoms with Gasteiger partial charge in [0.1, 0.15) is 5.78 Å². The highest BCUT2D eigenvalue weighted by atomic mass is 16.5. The number of rotatable bonds is 19. The van der Waals surface area contributed by atoms with Gasteiger partial charge in [-0.25, -0.2) is 0 Å². The van der Waals surface area contributed by atoms with Crippen LogP contribution in [0.4, 0.5) is 0 Å². The second-order valence-corrected chi connectivity index (χ2v) is 7.55. The molecule has 0 aliphatic heterocycles. The van der Waals surface area contributed by atoms with Crippen molar-refractivity contribution in [3.63, 3.8) is 0 Å². The number of nitrogens with one attached hydrogen (secondary N) is 1. The summed E-state index contributed by atoms with van der Waals surface area (Å²) in [5.74, 6) is 1.14. The van der Waals surface area contributed by atoms with E-state index in [2.05, 4.69) is 19.2 Å². The summed E-state index contributed by atoms with van der Waals surface area (Å²) in [4.78, 5) is 23.0. The van der Waals surface area contributed by atoms with Crippen molar-refractivity contribution in [3.8, 4) is 0 Å². The maximum atomic E-state index is 11.7. The summed E-state index contributed by atoms with van der Waals surface area (Å²) in [5, 5.41) is 2.87. The zero-order chi connectivity index (χ0) is 20.3. The Kier molecular flexibility index (Phi) is 17.7. The summed E-state index contributed by atoms with van der Waals surface area (Å²) in [7, 11) is 0. The maximum Gasteiger partial charge on any atom is 0.220 e. The van der Waals surface area contributed by atoms with Gasteiger partial charge in [0, 0.05) is 25.3 Å². The molecule has 1 amide bonds. The summed E-state index contributed by atoms with van der Waals surface area (Å²) in [6.45, 7) is 11.7.